The van der Waals surface area contributed by atoms with Crippen molar-refractivity contribution < 1.29 is 0 Å². The van der Waals surface area contributed by atoms with Crippen molar-refractivity contribution in [3.63, 3.8) is 0 Å². The minimum atomic E-state index is -0.0372. The lowest BCUT2D eigenvalue weighted by atomic mass is 9.76. The summed E-state index contributed by atoms with van der Waals surface area (Å²) in [6, 6.07) is 14.6. The van der Waals surface area contributed by atoms with Gasteiger partial charge in [-0.3, -0.25) is 4.98 Å². The molecule has 1 heterocycles. The first-order valence-electron chi connectivity index (χ1n) is 6.30. The van der Waals surface area contributed by atoms with Crippen LogP contribution in [0.4, 0.5) is 0 Å². The summed E-state index contributed by atoms with van der Waals surface area (Å²) < 4.78 is 0. The van der Waals surface area contributed by atoms with Crippen molar-refractivity contribution in [2.45, 2.75) is 31.7 Å². The Morgan fingerprint density at radius 2 is 1.67 bits per heavy atom. The van der Waals surface area contributed by atoms with Crippen molar-refractivity contribution >= 4 is 0 Å². The van der Waals surface area contributed by atoms with Crippen LogP contribution < -0.4 is 5.73 Å². The molecule has 18 heavy (non-hydrogen) atoms. The van der Waals surface area contributed by atoms with E-state index in [1.165, 1.54) is 11.1 Å². The number of nitrogens with two attached hydrogens (primary N) is 1. The van der Waals surface area contributed by atoms with E-state index in [1.807, 2.05) is 30.6 Å². The molecule has 2 rings (SSSR count). The molecular weight excluding hydrogens is 220 g/mol. The molecule has 0 radical (unpaired) electrons. The number of aromatic nitrogens is 1. The molecule has 1 atom stereocenters. The molecule has 0 saturated heterocycles. The molecule has 0 aliphatic heterocycles. The molecule has 1 aromatic heterocycles. The maximum atomic E-state index is 6.40. The third-order valence-corrected chi connectivity index (χ3v) is 3.65. The van der Waals surface area contributed by atoms with Gasteiger partial charge in [-0.1, -0.05) is 44.2 Å². The van der Waals surface area contributed by atoms with Gasteiger partial charge in [0, 0.05) is 23.9 Å². The Balaban J connectivity index is 2.15. The molecule has 0 bridgehead atoms. The van der Waals surface area contributed by atoms with Gasteiger partial charge in [0.05, 0.1) is 0 Å². The molecule has 0 spiro atoms. The zero-order valence-electron chi connectivity index (χ0n) is 11.0. The largest absolute Gasteiger partial charge is 0.327 e. The smallest absolute Gasteiger partial charge is 0.0270 e. The highest BCUT2D eigenvalue weighted by Crippen LogP contribution is 2.27. The standard InChI is InChI=1S/C16H20N2/c1-16(2,14-6-4-3-5-7-14)15(17)12-13-8-10-18-11-9-13/h3-11,15H,12,17H2,1-2H3. The summed E-state index contributed by atoms with van der Waals surface area (Å²) in [6.45, 7) is 4.41. The van der Waals surface area contributed by atoms with E-state index in [9.17, 15) is 0 Å². The fraction of sp³-hybridized carbons (Fsp3) is 0.312. The van der Waals surface area contributed by atoms with Crippen molar-refractivity contribution in [1.82, 2.24) is 4.98 Å². The van der Waals surface area contributed by atoms with Gasteiger partial charge in [-0.05, 0) is 29.7 Å². The van der Waals surface area contributed by atoms with Crippen LogP contribution in [-0.4, -0.2) is 11.0 Å². The van der Waals surface area contributed by atoms with Gasteiger partial charge in [-0.15, -0.1) is 0 Å². The SMILES string of the molecule is CC(C)(c1ccccc1)C(N)Cc1ccncc1. The number of hydrogen-bond acceptors (Lipinski definition) is 2. The first kappa shape index (κ1) is 12.8. The molecule has 2 N–H and O–H groups in total. The number of benzene rings is 1. The highest BCUT2D eigenvalue weighted by Gasteiger charge is 2.28. The highest BCUT2D eigenvalue weighted by atomic mass is 14.7. The molecular formula is C16H20N2. The molecule has 2 heteroatoms. The van der Waals surface area contributed by atoms with Crippen LogP contribution in [0.15, 0.2) is 54.9 Å². The summed E-state index contributed by atoms with van der Waals surface area (Å²) in [5, 5.41) is 0. The van der Waals surface area contributed by atoms with Crippen LogP contribution in [0.2, 0.25) is 0 Å². The molecule has 0 aliphatic carbocycles. The number of hydrogen-bond donors (Lipinski definition) is 1. The van der Waals surface area contributed by atoms with E-state index in [0.29, 0.717) is 0 Å². The molecule has 0 fully saturated rings. The Morgan fingerprint density at radius 1 is 1.06 bits per heavy atom. The molecule has 1 aromatic carbocycles. The van der Waals surface area contributed by atoms with E-state index in [2.05, 4.69) is 43.1 Å². The van der Waals surface area contributed by atoms with Gasteiger partial charge < -0.3 is 5.73 Å². The van der Waals surface area contributed by atoms with E-state index >= 15 is 0 Å². The second-order valence-corrected chi connectivity index (χ2v) is 5.25. The van der Waals surface area contributed by atoms with Gasteiger partial charge in [-0.25, -0.2) is 0 Å². The summed E-state index contributed by atoms with van der Waals surface area (Å²) in [4.78, 5) is 4.03. The van der Waals surface area contributed by atoms with Gasteiger partial charge in [0.25, 0.3) is 0 Å². The topological polar surface area (TPSA) is 38.9 Å². The zero-order chi connectivity index (χ0) is 13.0. The maximum Gasteiger partial charge on any atom is 0.0270 e. The fourth-order valence-electron chi connectivity index (χ4n) is 2.11. The van der Waals surface area contributed by atoms with E-state index in [-0.39, 0.29) is 11.5 Å². The van der Waals surface area contributed by atoms with Gasteiger partial charge in [0.1, 0.15) is 0 Å². The van der Waals surface area contributed by atoms with Crippen molar-refractivity contribution in [3.8, 4) is 0 Å². The van der Waals surface area contributed by atoms with Crippen molar-refractivity contribution in [3.05, 3.63) is 66.0 Å². The normalized spacial score (nSPS) is 13.3. The van der Waals surface area contributed by atoms with Crippen molar-refractivity contribution in [2.24, 2.45) is 5.73 Å². The lowest BCUT2D eigenvalue weighted by molar-refractivity contribution is 0.406. The third-order valence-electron chi connectivity index (χ3n) is 3.65. The Hall–Kier alpha value is -1.67. The van der Waals surface area contributed by atoms with Gasteiger partial charge in [0.2, 0.25) is 0 Å². The Bertz CT molecular complexity index is 477. The first-order chi connectivity index (χ1) is 8.60. The zero-order valence-corrected chi connectivity index (χ0v) is 11.0. The first-order valence-corrected chi connectivity index (χ1v) is 6.30. The van der Waals surface area contributed by atoms with Crippen LogP contribution in [0.1, 0.15) is 25.0 Å². The fourth-order valence-corrected chi connectivity index (χ4v) is 2.11. The third kappa shape index (κ3) is 2.77. The molecule has 94 valence electrons. The Kier molecular flexibility index (Phi) is 3.78. The van der Waals surface area contributed by atoms with Crippen molar-refractivity contribution in [1.29, 1.82) is 0 Å². The summed E-state index contributed by atoms with van der Waals surface area (Å²) in [5.41, 5.74) is 8.88. The van der Waals surface area contributed by atoms with Crippen LogP contribution in [-0.2, 0) is 11.8 Å². The van der Waals surface area contributed by atoms with Crippen LogP contribution in [0.5, 0.6) is 0 Å². The second-order valence-electron chi connectivity index (χ2n) is 5.25. The molecule has 0 amide bonds. The summed E-state index contributed by atoms with van der Waals surface area (Å²) in [7, 11) is 0. The number of nitrogens with zero attached hydrogens (tertiary/aromatic N) is 1. The summed E-state index contributed by atoms with van der Waals surface area (Å²) >= 11 is 0. The Morgan fingerprint density at radius 3 is 2.28 bits per heavy atom. The van der Waals surface area contributed by atoms with E-state index in [0.717, 1.165) is 6.42 Å². The average Bonchev–Trinajstić information content (AvgIpc) is 2.41. The minimum Gasteiger partial charge on any atom is -0.327 e. The van der Waals surface area contributed by atoms with Crippen molar-refractivity contribution in [2.75, 3.05) is 0 Å². The summed E-state index contributed by atoms with van der Waals surface area (Å²) in [6.07, 6.45) is 4.50. The number of rotatable bonds is 4. The van der Waals surface area contributed by atoms with Crippen LogP contribution in [0.3, 0.4) is 0 Å². The molecule has 2 nitrogen and oxygen atoms in total. The predicted octanol–water partition coefficient (Wildman–Crippen LogP) is 2.93. The maximum absolute atomic E-state index is 6.40. The molecule has 0 saturated carbocycles. The Labute approximate surface area is 109 Å². The predicted molar refractivity (Wildman–Crippen MR) is 75.4 cm³/mol. The van der Waals surface area contributed by atoms with E-state index in [1.54, 1.807) is 0 Å². The van der Waals surface area contributed by atoms with Crippen LogP contribution >= 0.6 is 0 Å². The summed E-state index contributed by atoms with van der Waals surface area (Å²) in [5.74, 6) is 0. The van der Waals surface area contributed by atoms with E-state index < -0.39 is 0 Å². The van der Waals surface area contributed by atoms with E-state index in [4.69, 9.17) is 5.73 Å². The molecule has 0 aliphatic rings. The van der Waals surface area contributed by atoms with Gasteiger partial charge in [0.15, 0.2) is 0 Å². The average molecular weight is 240 g/mol. The highest BCUT2D eigenvalue weighted by molar-refractivity contribution is 5.27. The van der Waals surface area contributed by atoms with Gasteiger partial charge >= 0.3 is 0 Å². The van der Waals surface area contributed by atoms with Crippen LogP contribution in [0.25, 0.3) is 0 Å². The monoisotopic (exact) mass is 240 g/mol. The minimum absolute atomic E-state index is 0.0372. The molecule has 2 aromatic rings. The van der Waals surface area contributed by atoms with Crippen LogP contribution in [0, 0.1) is 0 Å². The number of pyridine rings is 1. The molecule has 1 unspecified atom stereocenters. The quantitative estimate of drug-likeness (QED) is 0.892. The van der Waals surface area contributed by atoms with Gasteiger partial charge in [-0.2, -0.15) is 0 Å². The lowest BCUT2D eigenvalue weighted by Gasteiger charge is -2.32. The second kappa shape index (κ2) is 5.32. The lowest BCUT2D eigenvalue weighted by Crippen LogP contribution is -2.42.